The third kappa shape index (κ3) is 6.22. The van der Waals surface area contributed by atoms with E-state index in [1.54, 1.807) is 11.8 Å². The number of hydrogen-bond acceptors (Lipinski definition) is 5. The van der Waals surface area contributed by atoms with E-state index in [1.165, 1.54) is 0 Å². The number of amides is 2. The van der Waals surface area contributed by atoms with Gasteiger partial charge in [0, 0.05) is 23.1 Å². The first-order valence-electron chi connectivity index (χ1n) is 11.3. The van der Waals surface area contributed by atoms with E-state index in [9.17, 15) is 19.5 Å². The molecule has 3 aromatic carbocycles. The molecule has 1 unspecified atom stereocenters. The van der Waals surface area contributed by atoms with E-state index in [2.05, 4.69) is 10.6 Å². The lowest BCUT2D eigenvalue weighted by Crippen LogP contribution is -2.48. The Morgan fingerprint density at radius 1 is 0.886 bits per heavy atom. The number of aliphatic carboxylic acids is 1. The van der Waals surface area contributed by atoms with Crippen molar-refractivity contribution in [2.24, 2.45) is 0 Å². The van der Waals surface area contributed by atoms with Gasteiger partial charge in [-0.05, 0) is 34.4 Å². The molecule has 0 saturated carbocycles. The molecular formula is C27H26N2O5S. The number of hydrogen-bond donors (Lipinski definition) is 3. The molecule has 4 rings (SSSR count). The quantitative estimate of drug-likeness (QED) is 0.290. The largest absolute Gasteiger partial charge is 0.481 e. The summed E-state index contributed by atoms with van der Waals surface area (Å²) in [6, 6.07) is 24.4. The van der Waals surface area contributed by atoms with Crippen LogP contribution in [0.1, 0.15) is 23.5 Å². The van der Waals surface area contributed by atoms with Gasteiger partial charge in [-0.1, -0.05) is 66.7 Å². The molecule has 8 heteroatoms. The minimum atomic E-state index is -1.23. The highest BCUT2D eigenvalue weighted by Gasteiger charge is 2.30. The molecule has 180 valence electrons. The Hall–Kier alpha value is -3.78. The number of carboxylic acids is 1. The van der Waals surface area contributed by atoms with E-state index >= 15 is 0 Å². The number of ether oxygens (including phenoxy) is 1. The molecule has 0 heterocycles. The van der Waals surface area contributed by atoms with Gasteiger partial charge in [-0.3, -0.25) is 9.59 Å². The van der Waals surface area contributed by atoms with Crippen molar-refractivity contribution in [1.29, 1.82) is 0 Å². The number of carbonyl (C=O) groups is 3. The lowest BCUT2D eigenvalue weighted by atomic mass is 9.98. The van der Waals surface area contributed by atoms with Crippen LogP contribution < -0.4 is 10.6 Å². The van der Waals surface area contributed by atoms with Gasteiger partial charge in [0.25, 0.3) is 0 Å². The number of alkyl carbamates (subject to hydrolysis) is 1. The topological polar surface area (TPSA) is 105 Å². The maximum atomic E-state index is 12.6. The molecule has 0 saturated heterocycles. The number of carbonyl (C=O) groups excluding carboxylic acids is 2. The van der Waals surface area contributed by atoms with Crippen LogP contribution in [0.2, 0.25) is 0 Å². The van der Waals surface area contributed by atoms with Crippen molar-refractivity contribution < 1.29 is 24.2 Å². The molecule has 1 aliphatic rings. The van der Waals surface area contributed by atoms with Crippen molar-refractivity contribution in [3.05, 3.63) is 90.0 Å². The van der Waals surface area contributed by atoms with Crippen molar-refractivity contribution in [2.75, 3.05) is 18.9 Å². The van der Waals surface area contributed by atoms with E-state index < -0.39 is 30.4 Å². The van der Waals surface area contributed by atoms with Crippen LogP contribution in [0, 0.1) is 0 Å². The molecule has 0 bridgehead atoms. The van der Waals surface area contributed by atoms with Crippen LogP contribution in [0.25, 0.3) is 11.1 Å². The molecule has 3 N–H and O–H groups in total. The van der Waals surface area contributed by atoms with Crippen LogP contribution in [0.3, 0.4) is 0 Å². The van der Waals surface area contributed by atoms with Gasteiger partial charge in [0.15, 0.2) is 0 Å². The zero-order valence-electron chi connectivity index (χ0n) is 19.0. The molecule has 2 amide bonds. The highest BCUT2D eigenvalue weighted by Crippen LogP contribution is 2.44. The molecule has 0 spiro atoms. The first kappa shape index (κ1) is 24.3. The summed E-state index contributed by atoms with van der Waals surface area (Å²) in [4.78, 5) is 37.4. The fraction of sp³-hybridized carbons (Fsp3) is 0.222. The molecule has 0 aliphatic heterocycles. The van der Waals surface area contributed by atoms with Crippen LogP contribution in [0.15, 0.2) is 83.8 Å². The van der Waals surface area contributed by atoms with E-state index in [4.69, 9.17) is 4.74 Å². The van der Waals surface area contributed by atoms with Gasteiger partial charge in [0.2, 0.25) is 5.91 Å². The number of thioether (sulfide) groups is 1. The SMILES string of the molecule is O=C(O)CC(NC(=O)OCC1c2ccccc2-c2ccccc21)C(=O)NCCSc1ccccc1. The monoisotopic (exact) mass is 490 g/mol. The molecule has 0 radical (unpaired) electrons. The number of benzene rings is 3. The second-order valence-corrected chi connectivity index (χ2v) is 9.24. The summed E-state index contributed by atoms with van der Waals surface area (Å²) in [6.07, 6.45) is -1.37. The summed E-state index contributed by atoms with van der Waals surface area (Å²) in [5.74, 6) is -1.27. The Morgan fingerprint density at radius 2 is 1.49 bits per heavy atom. The van der Waals surface area contributed by atoms with Gasteiger partial charge < -0.3 is 20.5 Å². The number of carboxylic acid groups (broad SMARTS) is 1. The highest BCUT2D eigenvalue weighted by atomic mass is 32.2. The fourth-order valence-corrected chi connectivity index (χ4v) is 4.94. The Morgan fingerprint density at radius 3 is 2.11 bits per heavy atom. The normalized spacial score (nSPS) is 12.8. The summed E-state index contributed by atoms with van der Waals surface area (Å²) in [7, 11) is 0. The molecule has 1 atom stereocenters. The molecular weight excluding hydrogens is 464 g/mol. The average molecular weight is 491 g/mol. The maximum Gasteiger partial charge on any atom is 0.407 e. The standard InChI is InChI=1S/C27H26N2O5S/c30-25(31)16-24(26(32)28-14-15-35-18-8-2-1-3-9-18)29-27(33)34-17-23-21-12-6-4-10-19(21)20-11-5-7-13-22(20)23/h1-13,23-24H,14-17H2,(H,28,32)(H,29,33)(H,30,31). The van der Waals surface area contributed by atoms with Gasteiger partial charge in [-0.15, -0.1) is 11.8 Å². The third-order valence-electron chi connectivity index (χ3n) is 5.74. The van der Waals surface area contributed by atoms with Crippen molar-refractivity contribution in [3.63, 3.8) is 0 Å². The zero-order chi connectivity index (χ0) is 24.6. The maximum absolute atomic E-state index is 12.6. The van der Waals surface area contributed by atoms with E-state index in [0.29, 0.717) is 12.3 Å². The van der Waals surface area contributed by atoms with E-state index in [-0.39, 0.29) is 12.5 Å². The lowest BCUT2D eigenvalue weighted by Gasteiger charge is -2.18. The minimum absolute atomic E-state index is 0.0784. The molecule has 7 nitrogen and oxygen atoms in total. The van der Waals surface area contributed by atoms with Crippen LogP contribution in [0.5, 0.6) is 0 Å². The van der Waals surface area contributed by atoms with Crippen molar-refractivity contribution in [1.82, 2.24) is 10.6 Å². The first-order chi connectivity index (χ1) is 17.0. The minimum Gasteiger partial charge on any atom is -0.481 e. The predicted molar refractivity (Wildman–Crippen MR) is 134 cm³/mol. The summed E-state index contributed by atoms with van der Waals surface area (Å²) in [5.41, 5.74) is 4.34. The zero-order valence-corrected chi connectivity index (χ0v) is 19.8. The van der Waals surface area contributed by atoms with E-state index in [1.807, 2.05) is 78.9 Å². The first-order valence-corrected chi connectivity index (χ1v) is 12.3. The van der Waals surface area contributed by atoms with Crippen molar-refractivity contribution in [2.45, 2.75) is 23.3 Å². The fourth-order valence-electron chi connectivity index (χ4n) is 4.15. The molecule has 1 aliphatic carbocycles. The summed E-state index contributed by atoms with van der Waals surface area (Å²) >= 11 is 1.57. The summed E-state index contributed by atoms with van der Waals surface area (Å²) in [5, 5.41) is 14.3. The van der Waals surface area contributed by atoms with Crippen LogP contribution >= 0.6 is 11.8 Å². The Balaban J connectivity index is 1.31. The summed E-state index contributed by atoms with van der Waals surface area (Å²) in [6.45, 7) is 0.413. The Labute approximate surface area is 207 Å². The molecule has 0 fully saturated rings. The van der Waals surface area contributed by atoms with Crippen molar-refractivity contribution in [3.8, 4) is 11.1 Å². The van der Waals surface area contributed by atoms with Gasteiger partial charge in [0.1, 0.15) is 12.6 Å². The van der Waals surface area contributed by atoms with E-state index in [0.717, 1.165) is 27.1 Å². The average Bonchev–Trinajstić information content (AvgIpc) is 3.19. The van der Waals surface area contributed by atoms with Crippen LogP contribution in [-0.4, -0.2) is 48.0 Å². The summed E-state index contributed by atoms with van der Waals surface area (Å²) < 4.78 is 5.46. The number of rotatable bonds is 10. The predicted octanol–water partition coefficient (Wildman–Crippen LogP) is 4.28. The lowest BCUT2D eigenvalue weighted by molar-refractivity contribution is -0.139. The third-order valence-corrected chi connectivity index (χ3v) is 6.76. The second-order valence-electron chi connectivity index (χ2n) is 8.07. The van der Waals surface area contributed by atoms with Gasteiger partial charge in [-0.25, -0.2) is 4.79 Å². The number of fused-ring (bicyclic) bond motifs is 3. The molecule has 3 aromatic rings. The Kier molecular flexibility index (Phi) is 8.05. The molecule has 35 heavy (non-hydrogen) atoms. The van der Waals surface area contributed by atoms with Gasteiger partial charge in [-0.2, -0.15) is 0 Å². The smallest absolute Gasteiger partial charge is 0.407 e. The van der Waals surface area contributed by atoms with Crippen LogP contribution in [-0.2, 0) is 14.3 Å². The van der Waals surface area contributed by atoms with Gasteiger partial charge in [0.05, 0.1) is 6.42 Å². The number of nitrogens with one attached hydrogen (secondary N) is 2. The van der Waals surface area contributed by atoms with Crippen LogP contribution in [0.4, 0.5) is 4.79 Å². The Bertz CT molecular complexity index is 1160. The molecule has 0 aromatic heterocycles. The van der Waals surface area contributed by atoms with Gasteiger partial charge >= 0.3 is 12.1 Å². The van der Waals surface area contributed by atoms with Crippen molar-refractivity contribution >= 4 is 29.7 Å². The highest BCUT2D eigenvalue weighted by molar-refractivity contribution is 7.99. The second kappa shape index (κ2) is 11.6.